The first-order valence-corrected chi connectivity index (χ1v) is 9.70. The predicted octanol–water partition coefficient (Wildman–Crippen LogP) is 4.60. The largest absolute Gasteiger partial charge is 0.454 e. The summed E-state index contributed by atoms with van der Waals surface area (Å²) in [5.41, 5.74) is 4.02. The third-order valence-corrected chi connectivity index (χ3v) is 4.86. The van der Waals surface area contributed by atoms with E-state index in [1.54, 1.807) is 19.1 Å². The van der Waals surface area contributed by atoms with Crippen molar-refractivity contribution in [3.8, 4) is 22.6 Å². The molecule has 0 amide bonds. The van der Waals surface area contributed by atoms with Crippen LogP contribution >= 0.6 is 0 Å². The summed E-state index contributed by atoms with van der Waals surface area (Å²) in [5, 5.41) is 9.97. The lowest BCUT2D eigenvalue weighted by Gasteiger charge is -2.24. The van der Waals surface area contributed by atoms with Crippen molar-refractivity contribution in [1.29, 1.82) is 0 Å². The fourth-order valence-electron chi connectivity index (χ4n) is 3.63. The zero-order valence-corrected chi connectivity index (χ0v) is 16.3. The van der Waals surface area contributed by atoms with Crippen LogP contribution in [-0.4, -0.2) is 29.4 Å². The molecule has 0 spiro atoms. The third-order valence-electron chi connectivity index (χ3n) is 4.86. The summed E-state index contributed by atoms with van der Waals surface area (Å²) in [5.74, 6) is 1.28. The number of halogens is 1. The molecule has 0 bridgehead atoms. The molecule has 0 saturated heterocycles. The van der Waals surface area contributed by atoms with Crippen molar-refractivity contribution < 1.29 is 19.0 Å². The van der Waals surface area contributed by atoms with E-state index in [0.29, 0.717) is 19.6 Å². The van der Waals surface area contributed by atoms with Gasteiger partial charge in [-0.15, -0.1) is 0 Å². The van der Waals surface area contributed by atoms with Gasteiger partial charge >= 0.3 is 0 Å². The van der Waals surface area contributed by atoms with E-state index in [2.05, 4.69) is 17.0 Å². The second-order valence-corrected chi connectivity index (χ2v) is 7.42. The van der Waals surface area contributed by atoms with Gasteiger partial charge in [0.25, 0.3) is 0 Å². The quantitative estimate of drug-likeness (QED) is 0.637. The molecule has 0 fully saturated rings. The Morgan fingerprint density at radius 3 is 2.34 bits per heavy atom. The number of hydrogen-bond donors (Lipinski definition) is 1. The molecule has 29 heavy (non-hydrogen) atoms. The highest BCUT2D eigenvalue weighted by Crippen LogP contribution is 2.33. The number of ether oxygens (including phenoxy) is 2. The van der Waals surface area contributed by atoms with Crippen LogP contribution in [0.3, 0.4) is 0 Å². The predicted molar refractivity (Wildman–Crippen MR) is 110 cm³/mol. The van der Waals surface area contributed by atoms with Crippen LogP contribution in [0.4, 0.5) is 4.39 Å². The van der Waals surface area contributed by atoms with Crippen molar-refractivity contribution in [2.75, 3.05) is 13.3 Å². The zero-order valence-electron chi connectivity index (χ0n) is 16.3. The number of aliphatic hydroxyl groups excluding tert-OH is 1. The number of benzene rings is 3. The number of nitrogens with zero attached hydrogens (tertiary/aromatic N) is 1. The van der Waals surface area contributed by atoms with Crippen LogP contribution in [0, 0.1) is 5.82 Å². The van der Waals surface area contributed by atoms with Gasteiger partial charge in [-0.05, 0) is 59.5 Å². The lowest BCUT2D eigenvalue weighted by atomic mass is 10.0. The number of rotatable bonds is 7. The molecule has 3 aromatic carbocycles. The van der Waals surface area contributed by atoms with E-state index in [0.717, 1.165) is 33.8 Å². The summed E-state index contributed by atoms with van der Waals surface area (Å²) in [7, 11) is 0. The molecule has 1 aliphatic heterocycles. The monoisotopic (exact) mass is 393 g/mol. The van der Waals surface area contributed by atoms with Gasteiger partial charge in [0.2, 0.25) is 6.79 Å². The van der Waals surface area contributed by atoms with Crippen LogP contribution in [0.25, 0.3) is 11.1 Å². The standard InChI is InChI=1S/C24H24FNO3/c1-17(27)13-26(15-19-8-9-23-24(11-19)29-16-28-23)14-18-4-2-5-20(10-18)21-6-3-7-22(25)12-21/h2-12,17,27H,13-16H2,1H3. The maximum Gasteiger partial charge on any atom is 0.231 e. The van der Waals surface area contributed by atoms with E-state index in [-0.39, 0.29) is 12.6 Å². The molecule has 150 valence electrons. The van der Waals surface area contributed by atoms with Gasteiger partial charge < -0.3 is 14.6 Å². The molecule has 0 aromatic heterocycles. The lowest BCUT2D eigenvalue weighted by molar-refractivity contribution is 0.118. The minimum Gasteiger partial charge on any atom is -0.454 e. The summed E-state index contributed by atoms with van der Waals surface area (Å²) in [4.78, 5) is 2.19. The van der Waals surface area contributed by atoms with Gasteiger partial charge in [-0.2, -0.15) is 0 Å². The van der Waals surface area contributed by atoms with Gasteiger partial charge in [-0.1, -0.05) is 36.4 Å². The van der Waals surface area contributed by atoms with Crippen molar-refractivity contribution in [2.24, 2.45) is 0 Å². The smallest absolute Gasteiger partial charge is 0.231 e. The second-order valence-electron chi connectivity index (χ2n) is 7.42. The molecular formula is C24H24FNO3. The third kappa shape index (κ3) is 4.94. The van der Waals surface area contributed by atoms with Crippen LogP contribution in [0.15, 0.2) is 66.7 Å². The summed E-state index contributed by atoms with van der Waals surface area (Å²) in [6.45, 7) is 3.92. The minimum absolute atomic E-state index is 0.244. The first-order valence-electron chi connectivity index (χ1n) is 9.70. The normalized spacial score (nSPS) is 13.7. The molecule has 5 heteroatoms. The van der Waals surface area contributed by atoms with Crippen molar-refractivity contribution in [3.05, 3.63) is 83.7 Å². The highest BCUT2D eigenvalue weighted by molar-refractivity contribution is 5.64. The fourth-order valence-corrected chi connectivity index (χ4v) is 3.63. The number of aliphatic hydroxyl groups is 1. The second kappa shape index (κ2) is 8.64. The van der Waals surface area contributed by atoms with Gasteiger partial charge in [0.1, 0.15) is 5.82 Å². The Balaban J connectivity index is 1.53. The molecule has 1 aliphatic rings. The molecule has 3 aromatic rings. The Kier molecular flexibility index (Phi) is 5.79. The van der Waals surface area contributed by atoms with Crippen LogP contribution < -0.4 is 9.47 Å². The topological polar surface area (TPSA) is 41.9 Å². The Morgan fingerprint density at radius 1 is 0.897 bits per heavy atom. The van der Waals surface area contributed by atoms with E-state index in [9.17, 15) is 9.50 Å². The number of hydrogen-bond acceptors (Lipinski definition) is 4. The molecule has 0 saturated carbocycles. The lowest BCUT2D eigenvalue weighted by Crippen LogP contribution is -2.30. The molecule has 1 unspecified atom stereocenters. The van der Waals surface area contributed by atoms with Gasteiger partial charge in [-0.25, -0.2) is 4.39 Å². The Hall–Kier alpha value is -2.89. The highest BCUT2D eigenvalue weighted by atomic mass is 19.1. The number of fused-ring (bicyclic) bond motifs is 1. The average molecular weight is 393 g/mol. The Morgan fingerprint density at radius 2 is 1.59 bits per heavy atom. The van der Waals surface area contributed by atoms with Gasteiger partial charge in [0.15, 0.2) is 11.5 Å². The molecule has 1 atom stereocenters. The minimum atomic E-state index is -0.449. The SMILES string of the molecule is CC(O)CN(Cc1cccc(-c2cccc(F)c2)c1)Cc1ccc2c(c1)OCO2. The molecule has 1 heterocycles. The van der Waals surface area contributed by atoms with E-state index in [4.69, 9.17) is 9.47 Å². The summed E-state index contributed by atoms with van der Waals surface area (Å²) < 4.78 is 24.4. The molecule has 4 rings (SSSR count). The van der Waals surface area contributed by atoms with Crippen molar-refractivity contribution >= 4 is 0 Å². The molecule has 1 N–H and O–H groups in total. The summed E-state index contributed by atoms with van der Waals surface area (Å²) in [6, 6.07) is 20.6. The van der Waals surface area contributed by atoms with Gasteiger partial charge in [0.05, 0.1) is 6.10 Å². The van der Waals surface area contributed by atoms with Crippen LogP contribution in [0.1, 0.15) is 18.1 Å². The van der Waals surface area contributed by atoms with Crippen LogP contribution in [0.2, 0.25) is 0 Å². The maximum atomic E-state index is 13.6. The summed E-state index contributed by atoms with van der Waals surface area (Å²) in [6.07, 6.45) is -0.449. The van der Waals surface area contributed by atoms with E-state index >= 15 is 0 Å². The zero-order chi connectivity index (χ0) is 20.2. The molecule has 0 aliphatic carbocycles. The van der Waals surface area contributed by atoms with Gasteiger partial charge in [-0.3, -0.25) is 4.90 Å². The highest BCUT2D eigenvalue weighted by Gasteiger charge is 2.16. The summed E-state index contributed by atoms with van der Waals surface area (Å²) >= 11 is 0. The van der Waals surface area contributed by atoms with Crippen LogP contribution in [-0.2, 0) is 13.1 Å². The molecule has 0 radical (unpaired) electrons. The van der Waals surface area contributed by atoms with Crippen molar-refractivity contribution in [1.82, 2.24) is 4.90 Å². The van der Waals surface area contributed by atoms with E-state index < -0.39 is 6.10 Å². The average Bonchev–Trinajstić information content (AvgIpc) is 3.15. The molecule has 4 nitrogen and oxygen atoms in total. The molecular weight excluding hydrogens is 369 g/mol. The van der Waals surface area contributed by atoms with Crippen LogP contribution in [0.5, 0.6) is 11.5 Å². The first kappa shape index (κ1) is 19.4. The Labute approximate surface area is 170 Å². The first-order chi connectivity index (χ1) is 14.1. The maximum absolute atomic E-state index is 13.6. The van der Waals surface area contributed by atoms with Crippen molar-refractivity contribution in [3.63, 3.8) is 0 Å². The van der Waals surface area contributed by atoms with Crippen molar-refractivity contribution in [2.45, 2.75) is 26.1 Å². The van der Waals surface area contributed by atoms with E-state index in [1.807, 2.05) is 36.4 Å². The fraction of sp³-hybridized carbons (Fsp3) is 0.250. The van der Waals surface area contributed by atoms with E-state index in [1.165, 1.54) is 6.07 Å². The Bertz CT molecular complexity index is 989. The van der Waals surface area contributed by atoms with Gasteiger partial charge in [0, 0.05) is 19.6 Å².